The van der Waals surface area contributed by atoms with E-state index >= 15 is 0 Å². The second kappa shape index (κ2) is 6.24. The molecule has 102 valence electrons. The number of hydrogen-bond acceptors (Lipinski definition) is 2. The number of nitrogens with one attached hydrogen (secondary N) is 1. The van der Waals surface area contributed by atoms with Crippen LogP contribution in [0.5, 0.6) is 0 Å². The molecule has 1 N–H and O–H groups in total. The minimum Gasteiger partial charge on any atom is -0.374 e. The van der Waals surface area contributed by atoms with Crippen LogP contribution in [0, 0.1) is 6.92 Å². The lowest BCUT2D eigenvalue weighted by atomic mass is 9.86. The van der Waals surface area contributed by atoms with E-state index in [0.29, 0.717) is 0 Å². The van der Waals surface area contributed by atoms with E-state index in [0.717, 1.165) is 13.1 Å². The zero-order valence-electron chi connectivity index (χ0n) is 12.8. The van der Waals surface area contributed by atoms with Gasteiger partial charge in [0.2, 0.25) is 0 Å². The van der Waals surface area contributed by atoms with Crippen molar-refractivity contribution in [2.24, 2.45) is 0 Å². The fourth-order valence-electron chi connectivity index (χ4n) is 2.16. The van der Waals surface area contributed by atoms with Gasteiger partial charge in [-0.3, -0.25) is 0 Å². The lowest BCUT2D eigenvalue weighted by molar-refractivity contribution is 0.589. The van der Waals surface area contributed by atoms with Gasteiger partial charge in [0, 0.05) is 19.3 Å². The molecule has 1 rings (SSSR count). The molecule has 0 bridgehead atoms. The van der Waals surface area contributed by atoms with E-state index in [1.807, 2.05) is 7.05 Å². The Kier molecular flexibility index (Phi) is 5.21. The summed E-state index contributed by atoms with van der Waals surface area (Å²) in [5.41, 5.74) is 4.36. The Hall–Kier alpha value is -1.02. The second-order valence-corrected chi connectivity index (χ2v) is 6.13. The third-order valence-corrected chi connectivity index (χ3v) is 3.39. The molecule has 0 unspecified atom stereocenters. The molecule has 0 aliphatic carbocycles. The van der Waals surface area contributed by atoms with Crippen LogP contribution in [0.1, 0.15) is 38.3 Å². The molecule has 0 saturated heterocycles. The van der Waals surface area contributed by atoms with Gasteiger partial charge < -0.3 is 10.2 Å². The third kappa shape index (κ3) is 4.02. The van der Waals surface area contributed by atoms with Gasteiger partial charge in [0.05, 0.1) is 0 Å². The van der Waals surface area contributed by atoms with Crippen LogP contribution in [0.15, 0.2) is 18.2 Å². The second-order valence-electron chi connectivity index (χ2n) is 6.13. The lowest BCUT2D eigenvalue weighted by Gasteiger charge is -2.25. The molecule has 18 heavy (non-hydrogen) atoms. The van der Waals surface area contributed by atoms with Gasteiger partial charge in [0.1, 0.15) is 0 Å². The number of benzene rings is 1. The molecule has 2 nitrogen and oxygen atoms in total. The monoisotopic (exact) mass is 248 g/mol. The standard InChI is InChI=1S/C16H28N2/c1-13-12-14(16(2,3)4)8-9-15(13)18(6)11-7-10-17-5/h8-9,12,17H,7,10-11H2,1-6H3. The number of anilines is 1. The minimum atomic E-state index is 0.230. The fourth-order valence-corrected chi connectivity index (χ4v) is 2.16. The summed E-state index contributed by atoms with van der Waals surface area (Å²) in [6, 6.07) is 6.84. The van der Waals surface area contributed by atoms with Crippen LogP contribution in [0.2, 0.25) is 0 Å². The highest BCUT2D eigenvalue weighted by Gasteiger charge is 2.15. The Morgan fingerprint density at radius 3 is 2.39 bits per heavy atom. The van der Waals surface area contributed by atoms with Crippen LogP contribution < -0.4 is 10.2 Å². The summed E-state index contributed by atoms with van der Waals surface area (Å²) >= 11 is 0. The van der Waals surface area contributed by atoms with Crippen LogP contribution in [0.3, 0.4) is 0 Å². The number of aryl methyl sites for hydroxylation is 1. The Morgan fingerprint density at radius 1 is 1.22 bits per heavy atom. The molecule has 2 heteroatoms. The zero-order valence-corrected chi connectivity index (χ0v) is 12.8. The molecule has 0 aliphatic rings. The van der Waals surface area contributed by atoms with Gasteiger partial charge in [-0.2, -0.15) is 0 Å². The van der Waals surface area contributed by atoms with Crippen molar-refractivity contribution >= 4 is 5.69 Å². The van der Waals surface area contributed by atoms with Crippen LogP contribution in [-0.4, -0.2) is 27.2 Å². The Balaban J connectivity index is 2.79. The summed E-state index contributed by atoms with van der Waals surface area (Å²) in [5.74, 6) is 0. The van der Waals surface area contributed by atoms with Crippen molar-refractivity contribution in [2.75, 3.05) is 32.1 Å². The van der Waals surface area contributed by atoms with E-state index in [9.17, 15) is 0 Å². The van der Waals surface area contributed by atoms with Crippen molar-refractivity contribution in [3.63, 3.8) is 0 Å². The summed E-state index contributed by atoms with van der Waals surface area (Å²) in [6.45, 7) is 11.2. The highest BCUT2D eigenvalue weighted by atomic mass is 15.1. The van der Waals surface area contributed by atoms with Crippen LogP contribution in [-0.2, 0) is 5.41 Å². The first-order valence-electron chi connectivity index (χ1n) is 6.83. The largest absolute Gasteiger partial charge is 0.374 e. The summed E-state index contributed by atoms with van der Waals surface area (Å²) in [7, 11) is 4.18. The average molecular weight is 248 g/mol. The van der Waals surface area contributed by atoms with Gasteiger partial charge in [-0.05, 0) is 49.5 Å². The van der Waals surface area contributed by atoms with Gasteiger partial charge in [-0.25, -0.2) is 0 Å². The highest BCUT2D eigenvalue weighted by molar-refractivity contribution is 5.54. The quantitative estimate of drug-likeness (QED) is 0.804. The molecular weight excluding hydrogens is 220 g/mol. The van der Waals surface area contributed by atoms with Crippen LogP contribution >= 0.6 is 0 Å². The fraction of sp³-hybridized carbons (Fsp3) is 0.625. The van der Waals surface area contributed by atoms with E-state index in [1.165, 1.54) is 23.2 Å². The van der Waals surface area contributed by atoms with Crippen LogP contribution in [0.4, 0.5) is 5.69 Å². The highest BCUT2D eigenvalue weighted by Crippen LogP contribution is 2.27. The minimum absolute atomic E-state index is 0.230. The maximum atomic E-state index is 3.19. The molecule has 0 radical (unpaired) electrons. The van der Waals surface area contributed by atoms with Crippen molar-refractivity contribution in [3.05, 3.63) is 29.3 Å². The van der Waals surface area contributed by atoms with E-state index in [4.69, 9.17) is 0 Å². The normalized spacial score (nSPS) is 11.7. The van der Waals surface area contributed by atoms with Gasteiger partial charge >= 0.3 is 0 Å². The average Bonchev–Trinajstić information content (AvgIpc) is 2.27. The first-order valence-corrected chi connectivity index (χ1v) is 6.83. The van der Waals surface area contributed by atoms with Crippen molar-refractivity contribution in [1.29, 1.82) is 0 Å². The number of hydrogen-bond donors (Lipinski definition) is 1. The summed E-state index contributed by atoms with van der Waals surface area (Å²) < 4.78 is 0. The molecule has 0 atom stereocenters. The molecule has 0 spiro atoms. The molecule has 0 amide bonds. The van der Waals surface area contributed by atoms with Crippen molar-refractivity contribution in [2.45, 2.75) is 39.5 Å². The van der Waals surface area contributed by atoms with E-state index in [1.54, 1.807) is 0 Å². The Labute approximate surface area is 112 Å². The summed E-state index contributed by atoms with van der Waals surface area (Å²) in [5, 5.41) is 3.19. The Morgan fingerprint density at radius 2 is 1.89 bits per heavy atom. The van der Waals surface area contributed by atoms with Gasteiger partial charge in [-0.1, -0.05) is 32.9 Å². The predicted octanol–water partition coefficient (Wildman–Crippen LogP) is 3.34. The molecule has 0 heterocycles. The van der Waals surface area contributed by atoms with Gasteiger partial charge in [0.15, 0.2) is 0 Å². The maximum Gasteiger partial charge on any atom is 0.0393 e. The maximum absolute atomic E-state index is 3.19. The molecular formula is C16H28N2. The number of rotatable bonds is 5. The molecule has 0 aromatic heterocycles. The Bertz CT molecular complexity index is 377. The number of nitrogens with zero attached hydrogens (tertiary/aromatic N) is 1. The van der Waals surface area contributed by atoms with E-state index in [2.05, 4.69) is 63.2 Å². The first-order chi connectivity index (χ1) is 8.36. The molecule has 0 fully saturated rings. The van der Waals surface area contributed by atoms with Crippen LogP contribution in [0.25, 0.3) is 0 Å². The van der Waals surface area contributed by atoms with Crippen molar-refractivity contribution < 1.29 is 0 Å². The summed E-state index contributed by atoms with van der Waals surface area (Å²) in [6.07, 6.45) is 1.17. The van der Waals surface area contributed by atoms with Gasteiger partial charge in [0.25, 0.3) is 0 Å². The van der Waals surface area contributed by atoms with E-state index < -0.39 is 0 Å². The predicted molar refractivity (Wildman–Crippen MR) is 81.7 cm³/mol. The lowest BCUT2D eigenvalue weighted by Crippen LogP contribution is -2.23. The molecule has 0 saturated carbocycles. The van der Waals surface area contributed by atoms with Crippen molar-refractivity contribution in [3.8, 4) is 0 Å². The molecule has 1 aromatic rings. The van der Waals surface area contributed by atoms with Crippen molar-refractivity contribution in [1.82, 2.24) is 5.32 Å². The molecule has 1 aromatic carbocycles. The third-order valence-electron chi connectivity index (χ3n) is 3.39. The topological polar surface area (TPSA) is 15.3 Å². The van der Waals surface area contributed by atoms with E-state index in [-0.39, 0.29) is 5.41 Å². The first kappa shape index (κ1) is 15.0. The summed E-state index contributed by atoms with van der Waals surface area (Å²) in [4.78, 5) is 2.35. The SMILES string of the molecule is CNCCCN(C)c1ccc(C(C)(C)C)cc1C. The zero-order chi connectivity index (χ0) is 13.8. The van der Waals surface area contributed by atoms with Gasteiger partial charge in [-0.15, -0.1) is 0 Å². The molecule has 0 aliphatic heterocycles. The smallest absolute Gasteiger partial charge is 0.0393 e.